The Hall–Kier alpha value is -1.68. The monoisotopic (exact) mass is 205 g/mol. The number of aliphatic hydroxyl groups is 1. The highest BCUT2D eigenvalue weighted by Crippen LogP contribution is 2.25. The molecule has 1 aliphatic rings. The quantitative estimate of drug-likeness (QED) is 0.697. The first-order valence-electron chi connectivity index (χ1n) is 4.74. The van der Waals surface area contributed by atoms with Crippen LogP contribution in [-0.2, 0) is 0 Å². The van der Waals surface area contributed by atoms with Crippen LogP contribution >= 0.6 is 0 Å². The summed E-state index contributed by atoms with van der Waals surface area (Å²) in [6, 6.07) is 5.10. The summed E-state index contributed by atoms with van der Waals surface area (Å²) in [6.45, 7) is 1.77. The smallest absolute Gasteiger partial charge is 0.259 e. The summed E-state index contributed by atoms with van der Waals surface area (Å²) >= 11 is 0. The first-order chi connectivity index (χ1) is 7.15. The predicted molar refractivity (Wildman–Crippen MR) is 53.7 cm³/mol. The number of imide groups is 1. The van der Waals surface area contributed by atoms with Crippen LogP contribution in [0.4, 0.5) is 0 Å². The van der Waals surface area contributed by atoms with Crippen LogP contribution in [0.25, 0.3) is 0 Å². The first kappa shape index (κ1) is 9.86. The van der Waals surface area contributed by atoms with Crippen molar-refractivity contribution in [3.8, 4) is 0 Å². The minimum absolute atomic E-state index is 0.0437. The Balaban J connectivity index is 2.60. The van der Waals surface area contributed by atoms with Crippen molar-refractivity contribution < 1.29 is 14.7 Å². The molecule has 1 aromatic rings. The number of hydrogen-bond donors (Lipinski definition) is 2. The highest BCUT2D eigenvalue weighted by molar-refractivity contribution is 6.22. The minimum atomic E-state index is -0.370. The van der Waals surface area contributed by atoms with Gasteiger partial charge in [-0.15, -0.1) is 0 Å². The van der Waals surface area contributed by atoms with Crippen LogP contribution in [0.1, 0.15) is 39.1 Å². The topological polar surface area (TPSA) is 66.4 Å². The molecule has 0 fully saturated rings. The number of aliphatic hydroxyl groups excluding tert-OH is 1. The van der Waals surface area contributed by atoms with E-state index in [4.69, 9.17) is 5.11 Å². The molecule has 4 heteroatoms. The fraction of sp³-hybridized carbons (Fsp3) is 0.273. The zero-order chi connectivity index (χ0) is 11.0. The molecule has 15 heavy (non-hydrogen) atoms. The molecule has 0 saturated heterocycles. The van der Waals surface area contributed by atoms with E-state index in [1.807, 2.05) is 6.92 Å². The fourth-order valence-corrected chi connectivity index (χ4v) is 1.75. The number of carbonyl (C=O) groups is 2. The van der Waals surface area contributed by atoms with E-state index in [1.165, 1.54) is 0 Å². The van der Waals surface area contributed by atoms with Crippen molar-refractivity contribution in [2.45, 2.75) is 12.8 Å². The Morgan fingerprint density at radius 3 is 2.73 bits per heavy atom. The largest absolute Gasteiger partial charge is 0.396 e. The van der Waals surface area contributed by atoms with Gasteiger partial charge < -0.3 is 5.11 Å². The molecule has 2 amide bonds. The molecule has 0 aliphatic carbocycles. The highest BCUT2D eigenvalue weighted by atomic mass is 16.3. The highest BCUT2D eigenvalue weighted by Gasteiger charge is 2.30. The molecule has 0 saturated carbocycles. The second-order valence-electron chi connectivity index (χ2n) is 3.64. The SMILES string of the molecule is C[C@H](CO)c1cccc2c1C(=O)NC2=O. The van der Waals surface area contributed by atoms with Crippen LogP contribution in [0, 0.1) is 0 Å². The molecule has 0 radical (unpaired) electrons. The van der Waals surface area contributed by atoms with Gasteiger partial charge in [-0.25, -0.2) is 0 Å². The van der Waals surface area contributed by atoms with Gasteiger partial charge in [-0.2, -0.15) is 0 Å². The van der Waals surface area contributed by atoms with E-state index in [0.717, 1.165) is 5.56 Å². The molecular weight excluding hydrogens is 194 g/mol. The first-order valence-corrected chi connectivity index (χ1v) is 4.74. The van der Waals surface area contributed by atoms with Gasteiger partial charge in [0.05, 0.1) is 11.1 Å². The van der Waals surface area contributed by atoms with Crippen molar-refractivity contribution in [3.63, 3.8) is 0 Å². The summed E-state index contributed by atoms with van der Waals surface area (Å²) < 4.78 is 0. The van der Waals surface area contributed by atoms with Gasteiger partial charge in [-0.3, -0.25) is 14.9 Å². The second kappa shape index (κ2) is 3.47. The molecule has 0 bridgehead atoms. The molecule has 0 aromatic heterocycles. The standard InChI is InChI=1S/C11H11NO3/c1-6(5-13)7-3-2-4-8-9(7)11(15)12-10(8)14/h2-4,6,13H,5H2,1H3,(H,12,14,15)/t6-/m1/s1. The zero-order valence-corrected chi connectivity index (χ0v) is 8.28. The molecule has 0 spiro atoms. The van der Waals surface area contributed by atoms with Crippen molar-refractivity contribution in [2.24, 2.45) is 0 Å². The molecule has 0 unspecified atom stereocenters. The third-order valence-electron chi connectivity index (χ3n) is 2.60. The maximum Gasteiger partial charge on any atom is 0.259 e. The molecule has 1 heterocycles. The summed E-state index contributed by atoms with van der Waals surface area (Å²) in [5.74, 6) is -0.871. The van der Waals surface area contributed by atoms with Crippen LogP contribution in [0.2, 0.25) is 0 Å². The second-order valence-corrected chi connectivity index (χ2v) is 3.64. The van der Waals surface area contributed by atoms with Gasteiger partial charge in [0.25, 0.3) is 11.8 Å². The maximum absolute atomic E-state index is 11.5. The number of benzene rings is 1. The van der Waals surface area contributed by atoms with E-state index in [-0.39, 0.29) is 24.3 Å². The summed E-state index contributed by atoms with van der Waals surface area (Å²) in [5.41, 5.74) is 1.53. The lowest BCUT2D eigenvalue weighted by Crippen LogP contribution is -2.20. The van der Waals surface area contributed by atoms with Crippen molar-refractivity contribution in [3.05, 3.63) is 34.9 Å². The summed E-state index contributed by atoms with van der Waals surface area (Å²) in [6.07, 6.45) is 0. The molecule has 1 aliphatic heterocycles. The summed E-state index contributed by atoms with van der Waals surface area (Å²) in [7, 11) is 0. The van der Waals surface area contributed by atoms with E-state index in [0.29, 0.717) is 11.1 Å². The van der Waals surface area contributed by atoms with Gasteiger partial charge in [0.15, 0.2) is 0 Å². The number of hydrogen-bond acceptors (Lipinski definition) is 3. The number of fused-ring (bicyclic) bond motifs is 1. The number of amides is 2. The van der Waals surface area contributed by atoms with Crippen LogP contribution < -0.4 is 5.32 Å². The van der Waals surface area contributed by atoms with E-state index in [9.17, 15) is 9.59 Å². The molecule has 2 rings (SSSR count). The van der Waals surface area contributed by atoms with Crippen LogP contribution in [0.15, 0.2) is 18.2 Å². The Morgan fingerprint density at radius 1 is 1.33 bits per heavy atom. The van der Waals surface area contributed by atoms with Crippen molar-refractivity contribution in [2.75, 3.05) is 6.61 Å². The van der Waals surface area contributed by atoms with Crippen molar-refractivity contribution in [1.29, 1.82) is 0 Å². The lowest BCUT2D eigenvalue weighted by atomic mass is 9.94. The van der Waals surface area contributed by atoms with Gasteiger partial charge >= 0.3 is 0 Å². The summed E-state index contributed by atoms with van der Waals surface area (Å²) in [4.78, 5) is 22.8. The third kappa shape index (κ3) is 1.43. The Bertz CT molecular complexity index is 439. The van der Waals surface area contributed by atoms with Gasteiger partial charge in [0, 0.05) is 12.5 Å². The molecule has 78 valence electrons. The molecule has 2 N–H and O–H groups in total. The maximum atomic E-state index is 11.5. The number of carbonyl (C=O) groups excluding carboxylic acids is 2. The third-order valence-corrected chi connectivity index (χ3v) is 2.60. The molecule has 4 nitrogen and oxygen atoms in total. The Morgan fingerprint density at radius 2 is 2.07 bits per heavy atom. The normalized spacial score (nSPS) is 16.1. The van der Waals surface area contributed by atoms with E-state index < -0.39 is 0 Å². The van der Waals surface area contributed by atoms with Gasteiger partial charge in [0.2, 0.25) is 0 Å². The predicted octanol–water partition coefficient (Wildman–Crippen LogP) is 0.666. The molecule has 1 atom stereocenters. The minimum Gasteiger partial charge on any atom is -0.396 e. The van der Waals surface area contributed by atoms with Crippen LogP contribution in [0.3, 0.4) is 0 Å². The lowest BCUT2D eigenvalue weighted by Gasteiger charge is -2.10. The summed E-state index contributed by atoms with van der Waals surface area (Å²) in [5, 5.41) is 11.3. The lowest BCUT2D eigenvalue weighted by molar-refractivity contribution is 0.0879. The zero-order valence-electron chi connectivity index (χ0n) is 8.28. The van der Waals surface area contributed by atoms with Gasteiger partial charge in [0.1, 0.15) is 0 Å². The van der Waals surface area contributed by atoms with E-state index >= 15 is 0 Å². The Labute approximate surface area is 86.9 Å². The molecule has 1 aromatic carbocycles. The number of nitrogens with one attached hydrogen (secondary N) is 1. The van der Waals surface area contributed by atoms with E-state index in [2.05, 4.69) is 5.32 Å². The van der Waals surface area contributed by atoms with Crippen molar-refractivity contribution >= 4 is 11.8 Å². The van der Waals surface area contributed by atoms with Crippen LogP contribution in [-0.4, -0.2) is 23.5 Å². The van der Waals surface area contributed by atoms with Gasteiger partial charge in [-0.1, -0.05) is 19.1 Å². The number of rotatable bonds is 2. The molecular formula is C11H11NO3. The van der Waals surface area contributed by atoms with Crippen LogP contribution in [0.5, 0.6) is 0 Å². The van der Waals surface area contributed by atoms with Crippen molar-refractivity contribution in [1.82, 2.24) is 5.32 Å². The average Bonchev–Trinajstić information content (AvgIpc) is 2.54. The Kier molecular flexibility index (Phi) is 2.28. The fourth-order valence-electron chi connectivity index (χ4n) is 1.75. The van der Waals surface area contributed by atoms with E-state index in [1.54, 1.807) is 18.2 Å². The average molecular weight is 205 g/mol. The van der Waals surface area contributed by atoms with Gasteiger partial charge in [-0.05, 0) is 11.6 Å².